The second-order valence-corrected chi connectivity index (χ2v) is 5.49. The summed E-state index contributed by atoms with van der Waals surface area (Å²) in [6, 6.07) is 8.33. The first-order chi connectivity index (χ1) is 8.83. The molecule has 1 aliphatic rings. The Labute approximate surface area is 112 Å². The largest absolute Gasteiger partial charge is 0.354 e. The molecule has 4 heteroatoms. The number of aromatic nitrogens is 1. The molecule has 93 valence electrons. The highest BCUT2D eigenvalue weighted by Crippen LogP contribution is 2.26. The van der Waals surface area contributed by atoms with Gasteiger partial charge < -0.3 is 9.80 Å². The molecule has 0 unspecified atom stereocenters. The first-order valence-corrected chi connectivity index (χ1v) is 7.00. The third-order valence-electron chi connectivity index (χ3n) is 3.33. The van der Waals surface area contributed by atoms with Gasteiger partial charge in [0.15, 0.2) is 0 Å². The predicted octanol–water partition coefficient (Wildman–Crippen LogP) is 2.36. The zero-order valence-corrected chi connectivity index (χ0v) is 11.3. The van der Waals surface area contributed by atoms with Gasteiger partial charge in [0.05, 0.1) is 0 Å². The van der Waals surface area contributed by atoms with Gasteiger partial charge in [0.25, 0.3) is 0 Å². The summed E-state index contributed by atoms with van der Waals surface area (Å²) in [6.07, 6.45) is 1.91. The van der Waals surface area contributed by atoms with Crippen molar-refractivity contribution in [2.45, 2.75) is 0 Å². The third kappa shape index (κ3) is 2.40. The normalized spacial score (nSPS) is 17.1. The predicted molar refractivity (Wildman–Crippen MR) is 76.1 cm³/mol. The Hall–Kier alpha value is -1.39. The van der Waals surface area contributed by atoms with E-state index in [2.05, 4.69) is 45.4 Å². The smallest absolute Gasteiger partial charge is 0.129 e. The van der Waals surface area contributed by atoms with Gasteiger partial charge in [-0.05, 0) is 36.9 Å². The van der Waals surface area contributed by atoms with Crippen LogP contribution < -0.4 is 4.90 Å². The maximum absolute atomic E-state index is 4.50. The van der Waals surface area contributed by atoms with E-state index in [1.165, 1.54) is 10.4 Å². The fourth-order valence-electron chi connectivity index (χ4n) is 2.18. The molecule has 0 atom stereocenters. The number of likely N-dealkylation sites (N-methyl/N-ethyl adjacent to an activating group) is 1. The summed E-state index contributed by atoms with van der Waals surface area (Å²) in [6.45, 7) is 4.34. The van der Waals surface area contributed by atoms with Crippen molar-refractivity contribution in [3.8, 4) is 10.4 Å². The van der Waals surface area contributed by atoms with Crippen molar-refractivity contribution in [2.24, 2.45) is 0 Å². The molecule has 1 radical (unpaired) electrons. The van der Waals surface area contributed by atoms with Crippen LogP contribution in [0.25, 0.3) is 10.4 Å². The Morgan fingerprint density at radius 1 is 1.22 bits per heavy atom. The van der Waals surface area contributed by atoms with Gasteiger partial charge in [-0.1, -0.05) is 0 Å². The Morgan fingerprint density at radius 3 is 2.78 bits per heavy atom. The molecule has 1 saturated heterocycles. The molecule has 0 N–H and O–H groups in total. The molecule has 0 aromatic carbocycles. The summed E-state index contributed by atoms with van der Waals surface area (Å²) < 4.78 is 0. The number of anilines is 1. The highest BCUT2D eigenvalue weighted by atomic mass is 32.1. The quantitative estimate of drug-likeness (QED) is 0.824. The maximum atomic E-state index is 4.50. The third-order valence-corrected chi connectivity index (χ3v) is 4.17. The van der Waals surface area contributed by atoms with Crippen LogP contribution in [0.3, 0.4) is 0 Å². The van der Waals surface area contributed by atoms with E-state index in [0.717, 1.165) is 32.0 Å². The summed E-state index contributed by atoms with van der Waals surface area (Å²) in [5.41, 5.74) is 1.24. The monoisotopic (exact) mass is 258 g/mol. The average Bonchev–Trinajstić information content (AvgIpc) is 2.94. The van der Waals surface area contributed by atoms with Crippen LogP contribution in [0, 0.1) is 5.38 Å². The molecule has 0 spiro atoms. The standard InChI is InChI=1S/C14H16N3S/c1-16-6-8-17(9-7-16)14-11-12(4-5-15-14)13-3-2-10-18-13/h2-5,11H,6-9H2,1H3. The molecule has 2 aromatic heterocycles. The SMILES string of the molecule is CN1CCN(c2cc(-c3cc[c]s3)ccn2)CC1. The Morgan fingerprint density at radius 2 is 2.06 bits per heavy atom. The number of nitrogens with zero attached hydrogens (tertiary/aromatic N) is 3. The molecule has 0 amide bonds. The zero-order chi connectivity index (χ0) is 12.4. The van der Waals surface area contributed by atoms with Crippen LogP contribution >= 0.6 is 11.3 Å². The van der Waals surface area contributed by atoms with Gasteiger partial charge in [0.1, 0.15) is 5.82 Å². The Bertz CT molecular complexity index is 502. The van der Waals surface area contributed by atoms with E-state index in [4.69, 9.17) is 0 Å². The maximum Gasteiger partial charge on any atom is 0.129 e. The van der Waals surface area contributed by atoms with Crippen molar-refractivity contribution >= 4 is 17.2 Å². The molecule has 3 nitrogen and oxygen atoms in total. The van der Waals surface area contributed by atoms with Gasteiger partial charge in [0, 0.05) is 42.6 Å². The molecule has 18 heavy (non-hydrogen) atoms. The van der Waals surface area contributed by atoms with E-state index in [-0.39, 0.29) is 0 Å². The van der Waals surface area contributed by atoms with Crippen LogP contribution in [0.4, 0.5) is 5.82 Å². The second-order valence-electron chi connectivity index (χ2n) is 4.61. The highest BCUT2D eigenvalue weighted by molar-refractivity contribution is 7.13. The lowest BCUT2D eigenvalue weighted by atomic mass is 10.2. The summed E-state index contributed by atoms with van der Waals surface area (Å²) in [5, 5.41) is 3.13. The molecule has 2 aromatic rings. The Kier molecular flexibility index (Phi) is 3.30. The Balaban J connectivity index is 1.83. The molecule has 0 saturated carbocycles. The van der Waals surface area contributed by atoms with E-state index < -0.39 is 0 Å². The summed E-state index contributed by atoms with van der Waals surface area (Å²) >= 11 is 1.65. The van der Waals surface area contributed by atoms with Crippen molar-refractivity contribution in [1.82, 2.24) is 9.88 Å². The summed E-state index contributed by atoms with van der Waals surface area (Å²) in [5.74, 6) is 1.09. The van der Waals surface area contributed by atoms with Crippen molar-refractivity contribution in [2.75, 3.05) is 38.1 Å². The second kappa shape index (κ2) is 5.08. The molecule has 3 rings (SSSR count). The minimum absolute atomic E-state index is 1.06. The van der Waals surface area contributed by atoms with E-state index in [1.807, 2.05) is 12.3 Å². The van der Waals surface area contributed by atoms with Gasteiger partial charge in [-0.25, -0.2) is 4.98 Å². The fourth-order valence-corrected chi connectivity index (χ4v) is 2.82. The lowest BCUT2D eigenvalue weighted by Gasteiger charge is -2.33. The number of hydrogen-bond acceptors (Lipinski definition) is 4. The minimum atomic E-state index is 1.06. The molecule has 1 aliphatic heterocycles. The van der Waals surface area contributed by atoms with Crippen LogP contribution in [-0.2, 0) is 0 Å². The number of thiophene rings is 1. The van der Waals surface area contributed by atoms with Crippen molar-refractivity contribution in [3.63, 3.8) is 0 Å². The number of rotatable bonds is 2. The summed E-state index contributed by atoms with van der Waals surface area (Å²) in [4.78, 5) is 10.5. The molecule has 0 aliphatic carbocycles. The average molecular weight is 258 g/mol. The van der Waals surface area contributed by atoms with Gasteiger partial charge in [-0.2, -0.15) is 0 Å². The van der Waals surface area contributed by atoms with Crippen molar-refractivity contribution < 1.29 is 0 Å². The molecular weight excluding hydrogens is 242 g/mol. The zero-order valence-electron chi connectivity index (χ0n) is 10.5. The van der Waals surface area contributed by atoms with E-state index in [9.17, 15) is 0 Å². The first kappa shape index (κ1) is 11.7. The van der Waals surface area contributed by atoms with Crippen molar-refractivity contribution in [3.05, 3.63) is 35.8 Å². The molecule has 3 heterocycles. The van der Waals surface area contributed by atoms with Gasteiger partial charge in [-0.3, -0.25) is 0 Å². The van der Waals surface area contributed by atoms with Crippen LogP contribution in [0.2, 0.25) is 0 Å². The van der Waals surface area contributed by atoms with E-state index in [1.54, 1.807) is 11.3 Å². The fraction of sp³-hybridized carbons (Fsp3) is 0.357. The van der Waals surface area contributed by atoms with Crippen molar-refractivity contribution in [1.29, 1.82) is 0 Å². The van der Waals surface area contributed by atoms with E-state index >= 15 is 0 Å². The van der Waals surface area contributed by atoms with Gasteiger partial charge in [0.2, 0.25) is 0 Å². The lowest BCUT2D eigenvalue weighted by molar-refractivity contribution is 0.312. The molecular formula is C14H16N3S. The van der Waals surface area contributed by atoms with Crippen LogP contribution in [-0.4, -0.2) is 43.1 Å². The highest BCUT2D eigenvalue weighted by Gasteiger charge is 2.15. The summed E-state index contributed by atoms with van der Waals surface area (Å²) in [7, 11) is 2.17. The lowest BCUT2D eigenvalue weighted by Crippen LogP contribution is -2.44. The van der Waals surface area contributed by atoms with Crippen LogP contribution in [0.1, 0.15) is 0 Å². The minimum Gasteiger partial charge on any atom is -0.354 e. The van der Waals surface area contributed by atoms with E-state index in [0.29, 0.717) is 0 Å². The first-order valence-electron chi connectivity index (χ1n) is 6.19. The number of pyridine rings is 1. The molecule has 0 bridgehead atoms. The van der Waals surface area contributed by atoms with Gasteiger partial charge >= 0.3 is 0 Å². The number of piperazine rings is 1. The van der Waals surface area contributed by atoms with Gasteiger partial charge in [-0.15, -0.1) is 11.3 Å². The van der Waals surface area contributed by atoms with Crippen LogP contribution in [0.15, 0.2) is 30.5 Å². The molecule has 1 fully saturated rings. The number of hydrogen-bond donors (Lipinski definition) is 0. The van der Waals surface area contributed by atoms with Crippen LogP contribution in [0.5, 0.6) is 0 Å². The topological polar surface area (TPSA) is 19.4 Å².